The molecule has 0 saturated carbocycles. The summed E-state index contributed by atoms with van der Waals surface area (Å²) in [5.74, 6) is -1.45. The number of phenolic OH excluding ortho intramolecular Hbond substituents is 1. The van der Waals surface area contributed by atoms with Crippen LogP contribution in [0, 0.1) is 0 Å². The number of nitrogens with zero attached hydrogens (tertiary/aromatic N) is 1. The van der Waals surface area contributed by atoms with Gasteiger partial charge in [0.2, 0.25) is 11.8 Å². The van der Waals surface area contributed by atoms with Gasteiger partial charge in [0, 0.05) is 12.6 Å². The average Bonchev–Trinajstić information content (AvgIpc) is 2.69. The van der Waals surface area contributed by atoms with Crippen molar-refractivity contribution in [2.24, 2.45) is 0 Å². The average molecular weight is 466 g/mol. The summed E-state index contributed by atoms with van der Waals surface area (Å²) in [6.45, 7) is 10.2. The number of esters is 1. The number of hydrogen-bond donors (Lipinski definition) is 3. The smallest absolute Gasteiger partial charge is 0.408 e. The van der Waals surface area contributed by atoms with E-state index in [9.17, 15) is 24.3 Å². The van der Waals surface area contributed by atoms with Crippen molar-refractivity contribution in [1.82, 2.24) is 15.5 Å². The molecule has 10 nitrogen and oxygen atoms in total. The van der Waals surface area contributed by atoms with Crippen LogP contribution in [0.1, 0.15) is 59.6 Å². The number of carbonyl (C=O) groups excluding carboxylic acids is 4. The Hall–Kier alpha value is -3.30. The van der Waals surface area contributed by atoms with Gasteiger partial charge in [-0.2, -0.15) is 0 Å². The summed E-state index contributed by atoms with van der Waals surface area (Å²) >= 11 is 0. The first-order chi connectivity index (χ1) is 15.4. The zero-order valence-electron chi connectivity index (χ0n) is 20.1. The summed E-state index contributed by atoms with van der Waals surface area (Å²) in [5, 5.41) is 14.7. The second kappa shape index (κ2) is 12.7. The summed E-state index contributed by atoms with van der Waals surface area (Å²) in [7, 11) is 0. The molecule has 0 radical (unpaired) electrons. The highest BCUT2D eigenvalue weighted by Gasteiger charge is 2.33. The van der Waals surface area contributed by atoms with Crippen LogP contribution in [0.4, 0.5) is 4.79 Å². The molecule has 33 heavy (non-hydrogen) atoms. The highest BCUT2D eigenvalue weighted by Crippen LogP contribution is 2.25. The standard InChI is InChI=1S/C23H35N3O7/c1-7-32-19(29)12-13-24-21(30)20(16-8-10-17(27)11-9-16)26(15(2)3)18(28)14-25-22(31)33-23(4,5)6/h8-11,15,20,27H,7,12-14H2,1-6H3,(H,24,30)(H,25,31). The van der Waals surface area contributed by atoms with Crippen LogP contribution in [0.15, 0.2) is 24.3 Å². The van der Waals surface area contributed by atoms with Crippen LogP contribution in [0.25, 0.3) is 0 Å². The lowest BCUT2D eigenvalue weighted by molar-refractivity contribution is -0.144. The largest absolute Gasteiger partial charge is 0.508 e. The zero-order valence-corrected chi connectivity index (χ0v) is 20.1. The van der Waals surface area contributed by atoms with Crippen LogP contribution in [0.3, 0.4) is 0 Å². The quantitative estimate of drug-likeness (QED) is 0.451. The van der Waals surface area contributed by atoms with Gasteiger partial charge in [-0.15, -0.1) is 0 Å². The fraction of sp³-hybridized carbons (Fsp3) is 0.565. The predicted molar refractivity (Wildman–Crippen MR) is 121 cm³/mol. The lowest BCUT2D eigenvalue weighted by Crippen LogP contribution is -2.50. The van der Waals surface area contributed by atoms with E-state index in [2.05, 4.69) is 10.6 Å². The second-order valence-corrected chi connectivity index (χ2v) is 8.59. The topological polar surface area (TPSA) is 134 Å². The van der Waals surface area contributed by atoms with E-state index in [4.69, 9.17) is 9.47 Å². The third-order valence-corrected chi connectivity index (χ3v) is 4.30. The minimum absolute atomic E-state index is 0.00855. The molecule has 0 aliphatic carbocycles. The molecule has 0 spiro atoms. The number of carbonyl (C=O) groups is 4. The summed E-state index contributed by atoms with van der Waals surface area (Å²) < 4.78 is 10.0. The molecule has 0 heterocycles. The molecule has 0 aromatic heterocycles. The van der Waals surface area contributed by atoms with E-state index in [0.717, 1.165) is 0 Å². The maximum absolute atomic E-state index is 13.1. The molecule has 1 atom stereocenters. The van der Waals surface area contributed by atoms with E-state index in [1.165, 1.54) is 29.2 Å². The van der Waals surface area contributed by atoms with E-state index in [0.29, 0.717) is 5.56 Å². The normalized spacial score (nSPS) is 12.0. The molecule has 10 heteroatoms. The molecule has 0 bridgehead atoms. The van der Waals surface area contributed by atoms with Crippen LogP contribution in [0.2, 0.25) is 0 Å². The zero-order chi connectivity index (χ0) is 25.2. The Labute approximate surface area is 194 Å². The highest BCUT2D eigenvalue weighted by atomic mass is 16.6. The van der Waals surface area contributed by atoms with Crippen molar-refractivity contribution in [2.45, 2.75) is 65.6 Å². The van der Waals surface area contributed by atoms with Crippen molar-refractivity contribution >= 4 is 23.9 Å². The molecule has 0 fully saturated rings. The predicted octanol–water partition coefficient (Wildman–Crippen LogP) is 2.26. The number of ether oxygens (including phenoxy) is 2. The first kappa shape index (κ1) is 27.7. The van der Waals surface area contributed by atoms with Crippen LogP contribution >= 0.6 is 0 Å². The van der Waals surface area contributed by atoms with Gasteiger partial charge in [-0.1, -0.05) is 12.1 Å². The molecule has 0 aliphatic rings. The van der Waals surface area contributed by atoms with E-state index in [1.807, 2.05) is 0 Å². The molecule has 1 aromatic rings. The SMILES string of the molecule is CCOC(=O)CCNC(=O)C(c1ccc(O)cc1)N(C(=O)CNC(=O)OC(C)(C)C)C(C)C. The van der Waals surface area contributed by atoms with Crippen LogP contribution in [-0.2, 0) is 23.9 Å². The van der Waals surface area contributed by atoms with E-state index in [-0.39, 0.29) is 31.9 Å². The van der Waals surface area contributed by atoms with Crippen LogP contribution in [0.5, 0.6) is 5.75 Å². The molecule has 3 N–H and O–H groups in total. The summed E-state index contributed by atoms with van der Waals surface area (Å²) in [6.07, 6.45) is -0.767. The van der Waals surface area contributed by atoms with E-state index < -0.39 is 41.6 Å². The van der Waals surface area contributed by atoms with Gasteiger partial charge in [-0.3, -0.25) is 14.4 Å². The molecule has 3 amide bonds. The number of hydrogen-bond acceptors (Lipinski definition) is 7. The van der Waals surface area contributed by atoms with Crippen molar-refractivity contribution in [3.05, 3.63) is 29.8 Å². The molecule has 1 rings (SSSR count). The Morgan fingerprint density at radius 2 is 1.67 bits per heavy atom. The maximum atomic E-state index is 13.1. The molecular weight excluding hydrogens is 430 g/mol. The van der Waals surface area contributed by atoms with Gasteiger partial charge in [0.1, 0.15) is 23.9 Å². The summed E-state index contributed by atoms with van der Waals surface area (Å²) in [6, 6.07) is 4.43. The van der Waals surface area contributed by atoms with Crippen molar-refractivity contribution < 1.29 is 33.8 Å². The van der Waals surface area contributed by atoms with Gasteiger partial charge in [-0.05, 0) is 59.2 Å². The van der Waals surface area contributed by atoms with Crippen molar-refractivity contribution in [1.29, 1.82) is 0 Å². The Morgan fingerprint density at radius 3 is 2.18 bits per heavy atom. The molecular formula is C23H35N3O7. The number of rotatable bonds is 10. The van der Waals surface area contributed by atoms with E-state index >= 15 is 0 Å². The van der Waals surface area contributed by atoms with Gasteiger partial charge < -0.3 is 30.1 Å². The Balaban J connectivity index is 3.06. The van der Waals surface area contributed by atoms with Gasteiger partial charge in [0.25, 0.3) is 0 Å². The third-order valence-electron chi connectivity index (χ3n) is 4.30. The number of aromatic hydroxyl groups is 1. The number of alkyl carbamates (subject to hydrolysis) is 1. The maximum Gasteiger partial charge on any atom is 0.408 e. The monoisotopic (exact) mass is 465 g/mol. The molecule has 184 valence electrons. The first-order valence-corrected chi connectivity index (χ1v) is 10.9. The lowest BCUT2D eigenvalue weighted by atomic mass is 10.0. The lowest BCUT2D eigenvalue weighted by Gasteiger charge is -2.34. The summed E-state index contributed by atoms with van der Waals surface area (Å²) in [5.41, 5.74) is -0.265. The van der Waals surface area contributed by atoms with E-state index in [1.54, 1.807) is 41.5 Å². The minimum atomic E-state index is -1.05. The minimum Gasteiger partial charge on any atom is -0.508 e. The number of phenols is 1. The Morgan fingerprint density at radius 1 is 1.06 bits per heavy atom. The Kier molecular flexibility index (Phi) is 10.6. The summed E-state index contributed by atoms with van der Waals surface area (Å²) in [4.78, 5) is 51.1. The second-order valence-electron chi connectivity index (χ2n) is 8.59. The Bertz CT molecular complexity index is 816. The molecule has 1 aromatic carbocycles. The van der Waals surface area contributed by atoms with Gasteiger partial charge in [-0.25, -0.2) is 4.79 Å². The number of nitrogens with one attached hydrogen (secondary N) is 2. The molecule has 1 unspecified atom stereocenters. The fourth-order valence-corrected chi connectivity index (χ4v) is 3.00. The fourth-order valence-electron chi connectivity index (χ4n) is 3.00. The molecule has 0 aliphatic heterocycles. The first-order valence-electron chi connectivity index (χ1n) is 10.9. The van der Waals surface area contributed by atoms with Crippen molar-refractivity contribution in [2.75, 3.05) is 19.7 Å². The van der Waals surface area contributed by atoms with Crippen molar-refractivity contribution in [3.8, 4) is 5.75 Å². The highest BCUT2D eigenvalue weighted by molar-refractivity contribution is 5.90. The van der Waals surface area contributed by atoms with Crippen LogP contribution < -0.4 is 10.6 Å². The van der Waals surface area contributed by atoms with Crippen LogP contribution in [-0.4, -0.2) is 65.2 Å². The molecule has 0 saturated heterocycles. The van der Waals surface area contributed by atoms with Gasteiger partial charge in [0.05, 0.1) is 13.0 Å². The third kappa shape index (κ3) is 9.80. The number of benzene rings is 1. The van der Waals surface area contributed by atoms with Crippen molar-refractivity contribution in [3.63, 3.8) is 0 Å². The number of amides is 3. The van der Waals surface area contributed by atoms with Gasteiger partial charge >= 0.3 is 12.1 Å². The van der Waals surface area contributed by atoms with Gasteiger partial charge in [0.15, 0.2) is 0 Å².